The first-order valence-corrected chi connectivity index (χ1v) is 8.48. The summed E-state index contributed by atoms with van der Waals surface area (Å²) in [5.74, 6) is 0.626. The highest BCUT2D eigenvalue weighted by Gasteiger charge is 2.25. The van der Waals surface area contributed by atoms with E-state index in [9.17, 15) is 4.79 Å². The lowest BCUT2D eigenvalue weighted by Gasteiger charge is -2.28. The number of benzene rings is 1. The number of nitrogens with one attached hydrogen (secondary N) is 1. The van der Waals surface area contributed by atoms with Crippen LogP contribution in [-0.4, -0.2) is 20.4 Å². The molecule has 1 N–H and O–H groups in total. The smallest absolute Gasteiger partial charge is 0.227 e. The van der Waals surface area contributed by atoms with Crippen LogP contribution in [0.25, 0.3) is 11.2 Å². The van der Waals surface area contributed by atoms with Crippen LogP contribution in [0, 0.1) is 0 Å². The van der Waals surface area contributed by atoms with Gasteiger partial charge < -0.3 is 0 Å². The van der Waals surface area contributed by atoms with Crippen LogP contribution in [-0.2, 0) is 11.2 Å². The summed E-state index contributed by atoms with van der Waals surface area (Å²) in [5, 5.41) is 2.99. The van der Waals surface area contributed by atoms with Gasteiger partial charge in [-0.05, 0) is 43.4 Å². The second-order valence-corrected chi connectivity index (χ2v) is 6.27. The van der Waals surface area contributed by atoms with E-state index in [0.29, 0.717) is 18.4 Å². The first-order valence-electron chi connectivity index (χ1n) is 8.48. The molecule has 0 aliphatic heterocycles. The number of anilines is 1. The maximum absolute atomic E-state index is 12.4. The Morgan fingerprint density at radius 1 is 1.17 bits per heavy atom. The third kappa shape index (κ3) is 2.89. The van der Waals surface area contributed by atoms with E-state index >= 15 is 0 Å². The van der Waals surface area contributed by atoms with Crippen molar-refractivity contribution in [3.63, 3.8) is 0 Å². The van der Waals surface area contributed by atoms with E-state index in [1.54, 1.807) is 6.20 Å². The number of hydrogen-bond acceptors (Lipinski definition) is 3. The lowest BCUT2D eigenvalue weighted by atomic mass is 9.93. The minimum atomic E-state index is -0.00488. The maximum Gasteiger partial charge on any atom is 0.227 e. The van der Waals surface area contributed by atoms with Gasteiger partial charge in [0.05, 0.1) is 0 Å². The second kappa shape index (κ2) is 6.43. The second-order valence-electron chi connectivity index (χ2n) is 6.27. The van der Waals surface area contributed by atoms with Gasteiger partial charge in [-0.15, -0.1) is 0 Å². The van der Waals surface area contributed by atoms with Gasteiger partial charge >= 0.3 is 0 Å². The average Bonchev–Trinajstić information content (AvgIpc) is 2.91. The largest absolute Gasteiger partial charge is 0.296 e. The summed E-state index contributed by atoms with van der Waals surface area (Å²) in [7, 11) is 0. The molecule has 0 unspecified atom stereocenters. The molecule has 1 aromatic carbocycles. The fourth-order valence-electron chi connectivity index (χ4n) is 3.10. The van der Waals surface area contributed by atoms with Crippen molar-refractivity contribution in [2.24, 2.45) is 0 Å². The summed E-state index contributed by atoms with van der Waals surface area (Å²) >= 11 is 0. The summed E-state index contributed by atoms with van der Waals surface area (Å²) in [6.07, 6.45) is 6.42. The number of fused-ring (bicyclic) bond motifs is 1. The van der Waals surface area contributed by atoms with Crippen LogP contribution in [0.4, 0.5) is 5.95 Å². The predicted molar refractivity (Wildman–Crippen MR) is 93.8 cm³/mol. The molecule has 24 heavy (non-hydrogen) atoms. The minimum absolute atomic E-state index is 0.00488. The molecule has 4 rings (SSSR count). The van der Waals surface area contributed by atoms with Gasteiger partial charge in [0.25, 0.3) is 0 Å². The van der Waals surface area contributed by atoms with Crippen molar-refractivity contribution in [1.82, 2.24) is 14.5 Å². The van der Waals surface area contributed by atoms with E-state index < -0.39 is 0 Å². The third-order valence-electron chi connectivity index (χ3n) is 4.62. The maximum atomic E-state index is 12.4. The number of pyridine rings is 1. The van der Waals surface area contributed by atoms with Crippen LogP contribution in [0.15, 0.2) is 48.7 Å². The summed E-state index contributed by atoms with van der Waals surface area (Å²) in [6.45, 7) is 0. The summed E-state index contributed by atoms with van der Waals surface area (Å²) in [6, 6.07) is 14.3. The Labute approximate surface area is 140 Å². The number of imidazole rings is 1. The number of carbonyl (C=O) groups excluding carboxylic acids is 1. The number of hydrogen-bond donors (Lipinski definition) is 1. The van der Waals surface area contributed by atoms with Crippen molar-refractivity contribution >= 4 is 23.0 Å². The SMILES string of the molecule is O=C(CCc1ccccc1)Nc1nc2cccnc2n1C1CCC1. The van der Waals surface area contributed by atoms with Crippen LogP contribution in [0.1, 0.15) is 37.3 Å². The molecule has 5 heteroatoms. The molecule has 1 amide bonds. The molecule has 1 fully saturated rings. The van der Waals surface area contributed by atoms with Crippen molar-refractivity contribution in [2.45, 2.75) is 38.1 Å². The van der Waals surface area contributed by atoms with E-state index in [-0.39, 0.29) is 5.91 Å². The van der Waals surface area contributed by atoms with Gasteiger partial charge in [0.15, 0.2) is 5.65 Å². The Balaban J connectivity index is 1.52. The Kier molecular flexibility index (Phi) is 3.99. The molecule has 0 saturated heterocycles. The third-order valence-corrected chi connectivity index (χ3v) is 4.62. The van der Waals surface area contributed by atoms with Crippen LogP contribution >= 0.6 is 0 Å². The van der Waals surface area contributed by atoms with Crippen molar-refractivity contribution < 1.29 is 4.79 Å². The predicted octanol–water partition coefficient (Wildman–Crippen LogP) is 3.73. The molecule has 1 aliphatic carbocycles. The van der Waals surface area contributed by atoms with E-state index in [2.05, 4.69) is 19.9 Å². The van der Waals surface area contributed by atoms with Crippen molar-refractivity contribution in [1.29, 1.82) is 0 Å². The molecule has 5 nitrogen and oxygen atoms in total. The zero-order valence-electron chi connectivity index (χ0n) is 13.5. The highest BCUT2D eigenvalue weighted by molar-refractivity contribution is 5.91. The lowest BCUT2D eigenvalue weighted by Crippen LogP contribution is -2.22. The molecule has 2 heterocycles. The zero-order chi connectivity index (χ0) is 16.4. The molecule has 0 bridgehead atoms. The number of rotatable bonds is 5. The van der Waals surface area contributed by atoms with E-state index in [0.717, 1.165) is 30.4 Å². The standard InChI is InChI=1S/C19H20N4O/c24-17(12-11-14-6-2-1-3-7-14)22-19-21-16-10-5-13-20-18(16)23(19)15-8-4-9-15/h1-3,5-7,10,13,15H,4,8-9,11-12H2,(H,21,22,24). The van der Waals surface area contributed by atoms with Gasteiger partial charge in [-0.1, -0.05) is 30.3 Å². The number of amides is 1. The highest BCUT2D eigenvalue weighted by Crippen LogP contribution is 2.36. The van der Waals surface area contributed by atoms with Gasteiger partial charge in [0.2, 0.25) is 11.9 Å². The van der Waals surface area contributed by atoms with Crippen molar-refractivity contribution in [2.75, 3.05) is 5.32 Å². The topological polar surface area (TPSA) is 59.8 Å². The molecule has 3 aromatic rings. The molecule has 122 valence electrons. The van der Waals surface area contributed by atoms with Gasteiger partial charge in [-0.25, -0.2) is 9.97 Å². The quantitative estimate of drug-likeness (QED) is 0.779. The Morgan fingerprint density at radius 2 is 2.00 bits per heavy atom. The Morgan fingerprint density at radius 3 is 2.75 bits per heavy atom. The molecule has 1 aliphatic rings. The molecule has 2 aromatic heterocycles. The van der Waals surface area contributed by atoms with Crippen LogP contribution in [0.5, 0.6) is 0 Å². The molecule has 0 radical (unpaired) electrons. The molecular weight excluding hydrogens is 300 g/mol. The van der Waals surface area contributed by atoms with Crippen LogP contribution in [0.3, 0.4) is 0 Å². The van der Waals surface area contributed by atoms with Crippen LogP contribution < -0.4 is 5.32 Å². The highest BCUT2D eigenvalue weighted by atomic mass is 16.1. The number of aromatic nitrogens is 3. The Hall–Kier alpha value is -2.69. The van der Waals surface area contributed by atoms with Gasteiger partial charge in [-0.3, -0.25) is 14.7 Å². The summed E-state index contributed by atoms with van der Waals surface area (Å²) in [4.78, 5) is 21.4. The monoisotopic (exact) mass is 320 g/mol. The number of aryl methyl sites for hydroxylation is 1. The van der Waals surface area contributed by atoms with Gasteiger partial charge in [0, 0.05) is 18.7 Å². The van der Waals surface area contributed by atoms with Gasteiger partial charge in [-0.2, -0.15) is 0 Å². The fraction of sp³-hybridized carbons (Fsp3) is 0.316. The molecular formula is C19H20N4O. The lowest BCUT2D eigenvalue weighted by molar-refractivity contribution is -0.116. The van der Waals surface area contributed by atoms with E-state index in [1.165, 1.54) is 12.0 Å². The summed E-state index contributed by atoms with van der Waals surface area (Å²) in [5.41, 5.74) is 2.87. The van der Waals surface area contributed by atoms with Gasteiger partial charge in [0.1, 0.15) is 5.52 Å². The fourth-order valence-corrected chi connectivity index (χ4v) is 3.10. The normalized spacial score (nSPS) is 14.5. The first kappa shape index (κ1) is 14.9. The summed E-state index contributed by atoms with van der Waals surface area (Å²) < 4.78 is 2.10. The average molecular weight is 320 g/mol. The minimum Gasteiger partial charge on any atom is -0.296 e. The first-order chi connectivity index (χ1) is 11.8. The molecule has 0 atom stereocenters. The van der Waals surface area contributed by atoms with Crippen molar-refractivity contribution in [3.05, 3.63) is 54.2 Å². The zero-order valence-corrected chi connectivity index (χ0v) is 13.5. The van der Waals surface area contributed by atoms with E-state index in [4.69, 9.17) is 0 Å². The van der Waals surface area contributed by atoms with Crippen LogP contribution in [0.2, 0.25) is 0 Å². The molecule has 0 spiro atoms. The molecule has 1 saturated carbocycles. The number of nitrogens with zero attached hydrogens (tertiary/aromatic N) is 3. The van der Waals surface area contributed by atoms with Crippen molar-refractivity contribution in [3.8, 4) is 0 Å². The number of carbonyl (C=O) groups is 1. The van der Waals surface area contributed by atoms with E-state index in [1.807, 2.05) is 42.5 Å². The Bertz CT molecular complexity index is 852.